The third-order valence-electron chi connectivity index (χ3n) is 7.66. The summed E-state index contributed by atoms with van der Waals surface area (Å²) in [7, 11) is -7.40. The van der Waals surface area contributed by atoms with Gasteiger partial charge in [-0.3, -0.25) is 0 Å². The van der Waals surface area contributed by atoms with Gasteiger partial charge >= 0.3 is 0 Å². The summed E-state index contributed by atoms with van der Waals surface area (Å²) in [5.74, 6) is 1.72. The van der Waals surface area contributed by atoms with Crippen molar-refractivity contribution in [2.75, 3.05) is 0 Å². The lowest BCUT2D eigenvalue weighted by atomic mass is 10.00. The molecular formula is C21H20O4S2. The largest absolute Gasteiger partial charge is 0.223 e. The van der Waals surface area contributed by atoms with E-state index in [-0.39, 0.29) is 27.5 Å². The van der Waals surface area contributed by atoms with Crippen LogP contribution in [0.5, 0.6) is 0 Å². The minimum Gasteiger partial charge on any atom is -0.223 e. The molecule has 7 rings (SSSR count). The van der Waals surface area contributed by atoms with Crippen LogP contribution in [0.1, 0.15) is 6.42 Å². The molecule has 5 saturated carbocycles. The monoisotopic (exact) mass is 400 g/mol. The molecule has 0 N–H and O–H groups in total. The third kappa shape index (κ3) is 1.88. The van der Waals surface area contributed by atoms with Crippen LogP contribution >= 0.6 is 0 Å². The van der Waals surface area contributed by atoms with Crippen molar-refractivity contribution in [1.82, 2.24) is 0 Å². The molecule has 5 aliphatic rings. The summed E-state index contributed by atoms with van der Waals surface area (Å²) in [6.45, 7) is 0. The highest BCUT2D eigenvalue weighted by molar-refractivity contribution is 7.96. The highest BCUT2D eigenvalue weighted by atomic mass is 32.2. The molecule has 6 heteroatoms. The van der Waals surface area contributed by atoms with Crippen LogP contribution < -0.4 is 0 Å². The van der Waals surface area contributed by atoms with Crippen LogP contribution in [0, 0.1) is 35.5 Å². The van der Waals surface area contributed by atoms with Gasteiger partial charge in [-0.25, -0.2) is 16.8 Å². The van der Waals surface area contributed by atoms with Gasteiger partial charge in [-0.1, -0.05) is 36.4 Å². The Morgan fingerprint density at radius 1 is 0.556 bits per heavy atom. The summed E-state index contributed by atoms with van der Waals surface area (Å²) in [6, 6.07) is 16.8. The summed E-state index contributed by atoms with van der Waals surface area (Å²) in [4.78, 5) is 0.510. The van der Waals surface area contributed by atoms with Crippen LogP contribution in [0.25, 0.3) is 0 Å². The quantitative estimate of drug-likeness (QED) is 0.791. The fraction of sp³-hybridized carbons (Fsp3) is 0.429. The smallest absolute Gasteiger partial charge is 0.182 e. The second kappa shape index (κ2) is 5.03. The lowest BCUT2D eigenvalue weighted by Crippen LogP contribution is -2.45. The summed E-state index contributed by atoms with van der Waals surface area (Å²) in [5.41, 5.74) is 0. The van der Waals surface area contributed by atoms with Crippen molar-refractivity contribution in [2.24, 2.45) is 35.5 Å². The molecule has 2 aromatic rings. The van der Waals surface area contributed by atoms with Crippen LogP contribution in [0.3, 0.4) is 0 Å². The predicted octanol–water partition coefficient (Wildman–Crippen LogP) is 2.81. The Labute approximate surface area is 159 Å². The number of hydrogen-bond donors (Lipinski definition) is 0. The van der Waals surface area contributed by atoms with Gasteiger partial charge in [0.2, 0.25) is 0 Å². The second-order valence-corrected chi connectivity index (χ2v) is 12.7. The molecule has 140 valence electrons. The normalized spacial score (nSPS) is 41.0. The zero-order valence-electron chi connectivity index (χ0n) is 14.5. The number of benzene rings is 2. The minimum absolute atomic E-state index is 0.0127. The average molecular weight is 401 g/mol. The molecule has 0 aliphatic heterocycles. The topological polar surface area (TPSA) is 68.3 Å². The molecule has 0 saturated heterocycles. The maximum atomic E-state index is 13.6. The standard InChI is InChI=1S/C21H20O4S2/c22-26(23,12-7-3-1-4-8-12)20-18-15-11-14-16(18)17(14)19(15)21(20)27(24,25)13-9-5-2-6-10-13/h1-10,14-21H,11H2/t14?,15?,16-,17-,18-,19-,20+,21+/m0/s1. The maximum Gasteiger partial charge on any atom is 0.182 e. The van der Waals surface area contributed by atoms with Gasteiger partial charge in [-0.15, -0.1) is 0 Å². The lowest BCUT2D eigenvalue weighted by molar-refractivity contribution is 0.436. The van der Waals surface area contributed by atoms with E-state index < -0.39 is 30.2 Å². The Hall–Kier alpha value is -1.66. The van der Waals surface area contributed by atoms with Gasteiger partial charge in [-0.2, -0.15) is 0 Å². The van der Waals surface area contributed by atoms with E-state index in [1.807, 2.05) is 0 Å². The summed E-state index contributed by atoms with van der Waals surface area (Å²) >= 11 is 0. The Kier molecular flexibility index (Phi) is 3.04. The molecule has 0 heterocycles. The molecule has 6 bridgehead atoms. The molecule has 6 atom stereocenters. The molecule has 0 spiro atoms. The van der Waals surface area contributed by atoms with Gasteiger partial charge in [0.15, 0.2) is 19.7 Å². The van der Waals surface area contributed by atoms with E-state index in [1.54, 1.807) is 60.7 Å². The van der Waals surface area contributed by atoms with Crippen molar-refractivity contribution in [3.63, 3.8) is 0 Å². The highest BCUT2D eigenvalue weighted by Crippen LogP contribution is 2.82. The SMILES string of the molecule is O=S(=O)(c1ccccc1)[C@@H]1[C@H]2C3CC4[C@H]2[C@H]4[C@H]3[C@H]1S(=O)(=O)c1ccccc1. The zero-order valence-corrected chi connectivity index (χ0v) is 16.2. The fourth-order valence-corrected chi connectivity index (χ4v) is 12.2. The first-order valence-electron chi connectivity index (χ1n) is 9.52. The molecule has 5 fully saturated rings. The number of hydrogen-bond acceptors (Lipinski definition) is 4. The van der Waals surface area contributed by atoms with E-state index in [2.05, 4.69) is 0 Å². The van der Waals surface area contributed by atoms with Gasteiger partial charge in [0.1, 0.15) is 0 Å². The first-order chi connectivity index (χ1) is 12.9. The average Bonchev–Trinajstić information content (AvgIpc) is 3.02. The molecular weight excluding hydrogens is 380 g/mol. The first kappa shape index (κ1) is 16.3. The van der Waals surface area contributed by atoms with E-state index in [1.165, 1.54) is 0 Å². The van der Waals surface area contributed by atoms with Crippen molar-refractivity contribution in [1.29, 1.82) is 0 Å². The minimum atomic E-state index is -3.70. The van der Waals surface area contributed by atoms with Crippen LogP contribution in [-0.2, 0) is 19.7 Å². The van der Waals surface area contributed by atoms with E-state index in [4.69, 9.17) is 0 Å². The molecule has 4 nitrogen and oxygen atoms in total. The van der Waals surface area contributed by atoms with Crippen LogP contribution in [0.15, 0.2) is 70.5 Å². The molecule has 0 unspecified atom stereocenters. The molecule has 0 radical (unpaired) electrons. The second-order valence-electron chi connectivity index (χ2n) is 8.52. The Morgan fingerprint density at radius 2 is 0.926 bits per heavy atom. The third-order valence-corrected chi connectivity index (χ3v) is 12.3. The molecule has 0 amide bonds. The fourth-order valence-electron chi connectivity index (χ4n) is 6.95. The number of sulfone groups is 2. The van der Waals surface area contributed by atoms with Gasteiger partial charge in [-0.05, 0) is 66.2 Å². The Bertz CT molecular complexity index is 1040. The highest BCUT2D eigenvalue weighted by Gasteiger charge is 2.83. The van der Waals surface area contributed by atoms with Gasteiger partial charge in [0, 0.05) is 0 Å². The van der Waals surface area contributed by atoms with Crippen molar-refractivity contribution >= 4 is 19.7 Å². The van der Waals surface area contributed by atoms with Crippen LogP contribution in [-0.4, -0.2) is 27.3 Å². The summed E-state index contributed by atoms with van der Waals surface area (Å²) < 4.78 is 54.3. The van der Waals surface area contributed by atoms with Crippen molar-refractivity contribution in [3.05, 3.63) is 60.7 Å². The predicted molar refractivity (Wildman–Crippen MR) is 100 cm³/mol. The molecule has 0 aromatic heterocycles. The van der Waals surface area contributed by atoms with Gasteiger partial charge < -0.3 is 0 Å². The van der Waals surface area contributed by atoms with Crippen molar-refractivity contribution in [3.8, 4) is 0 Å². The van der Waals surface area contributed by atoms with E-state index in [0.29, 0.717) is 17.8 Å². The molecule has 27 heavy (non-hydrogen) atoms. The van der Waals surface area contributed by atoms with Crippen molar-refractivity contribution in [2.45, 2.75) is 26.7 Å². The Morgan fingerprint density at radius 3 is 1.30 bits per heavy atom. The summed E-state index contributed by atoms with van der Waals surface area (Å²) in [5, 5.41) is -1.62. The van der Waals surface area contributed by atoms with Crippen LogP contribution in [0.2, 0.25) is 0 Å². The first-order valence-corrected chi connectivity index (χ1v) is 12.6. The number of rotatable bonds is 4. The van der Waals surface area contributed by atoms with E-state index in [9.17, 15) is 16.8 Å². The van der Waals surface area contributed by atoms with E-state index in [0.717, 1.165) is 6.42 Å². The van der Waals surface area contributed by atoms with Gasteiger partial charge in [0.05, 0.1) is 20.3 Å². The van der Waals surface area contributed by atoms with Gasteiger partial charge in [0.25, 0.3) is 0 Å². The van der Waals surface area contributed by atoms with E-state index >= 15 is 0 Å². The maximum absolute atomic E-state index is 13.6. The molecule has 5 aliphatic carbocycles. The molecule has 2 aromatic carbocycles. The van der Waals surface area contributed by atoms with Crippen molar-refractivity contribution < 1.29 is 16.8 Å². The lowest BCUT2D eigenvalue weighted by Gasteiger charge is -2.30. The Balaban J connectivity index is 1.53. The zero-order chi connectivity index (χ0) is 18.6. The summed E-state index contributed by atoms with van der Waals surface area (Å²) in [6.07, 6.45) is 1.02. The van der Waals surface area contributed by atoms with Crippen LogP contribution in [0.4, 0.5) is 0 Å².